The third kappa shape index (κ3) is 4.24. The maximum atomic E-state index is 3.78. The van der Waals surface area contributed by atoms with Crippen LogP contribution in [0.5, 0.6) is 0 Å². The van der Waals surface area contributed by atoms with Crippen molar-refractivity contribution >= 4 is 5.69 Å². The molecule has 20 heavy (non-hydrogen) atoms. The molecule has 3 atom stereocenters. The van der Waals surface area contributed by atoms with E-state index < -0.39 is 0 Å². The zero-order chi connectivity index (χ0) is 14.4. The summed E-state index contributed by atoms with van der Waals surface area (Å²) in [6.07, 6.45) is 5.38. The van der Waals surface area contributed by atoms with E-state index in [0.717, 1.165) is 31.0 Å². The number of nitrogens with one attached hydrogen (secondary N) is 1. The molecule has 2 nitrogen and oxygen atoms in total. The first-order valence-electron chi connectivity index (χ1n) is 8.18. The van der Waals surface area contributed by atoms with Crippen LogP contribution in [0.3, 0.4) is 0 Å². The minimum absolute atomic E-state index is 0.737. The molecule has 112 valence electrons. The van der Waals surface area contributed by atoms with Crippen LogP contribution in [0.15, 0.2) is 30.3 Å². The van der Waals surface area contributed by atoms with Crippen molar-refractivity contribution in [1.29, 1.82) is 0 Å². The maximum absolute atomic E-state index is 3.78. The van der Waals surface area contributed by atoms with Crippen molar-refractivity contribution in [3.8, 4) is 0 Å². The second-order valence-electron chi connectivity index (χ2n) is 6.44. The molecule has 0 spiro atoms. The fourth-order valence-corrected chi connectivity index (χ4v) is 3.29. The van der Waals surface area contributed by atoms with Crippen LogP contribution < -0.4 is 10.2 Å². The van der Waals surface area contributed by atoms with Gasteiger partial charge in [0, 0.05) is 25.3 Å². The molecule has 1 fully saturated rings. The van der Waals surface area contributed by atoms with E-state index >= 15 is 0 Å². The normalized spacial score (nSPS) is 26.4. The average Bonchev–Trinajstić information content (AvgIpc) is 2.48. The molecule has 2 rings (SSSR count). The standard InChI is InChI=1S/C18H30N2/c1-15-9-7-12-18(16(15)2)19-13-8-14-20(3)17-10-5-4-6-11-17/h4-6,10-11,15-16,18-19H,7-9,12-14H2,1-3H3. The average molecular weight is 274 g/mol. The Bertz CT molecular complexity index is 376. The molecule has 2 heteroatoms. The highest BCUT2D eigenvalue weighted by Gasteiger charge is 2.26. The van der Waals surface area contributed by atoms with Gasteiger partial charge >= 0.3 is 0 Å². The summed E-state index contributed by atoms with van der Waals surface area (Å²) in [6, 6.07) is 11.4. The third-order valence-electron chi connectivity index (χ3n) is 4.98. The minimum atomic E-state index is 0.737. The largest absolute Gasteiger partial charge is 0.375 e. The van der Waals surface area contributed by atoms with Crippen LogP contribution in [0.2, 0.25) is 0 Å². The maximum Gasteiger partial charge on any atom is 0.0363 e. The topological polar surface area (TPSA) is 15.3 Å². The molecule has 0 aromatic heterocycles. The number of anilines is 1. The molecule has 0 saturated heterocycles. The number of hydrogen-bond donors (Lipinski definition) is 1. The lowest BCUT2D eigenvalue weighted by Crippen LogP contribution is -2.41. The summed E-state index contributed by atoms with van der Waals surface area (Å²) in [5, 5.41) is 3.78. The number of rotatable bonds is 6. The number of hydrogen-bond acceptors (Lipinski definition) is 2. The quantitative estimate of drug-likeness (QED) is 0.791. The molecule has 1 aromatic rings. The molecular weight excluding hydrogens is 244 g/mol. The van der Waals surface area contributed by atoms with Crippen molar-refractivity contribution < 1.29 is 0 Å². The predicted molar refractivity (Wildman–Crippen MR) is 88.3 cm³/mol. The molecule has 1 N–H and O–H groups in total. The Morgan fingerprint density at radius 1 is 1.15 bits per heavy atom. The van der Waals surface area contributed by atoms with Gasteiger partial charge in [0.05, 0.1) is 0 Å². The summed E-state index contributed by atoms with van der Waals surface area (Å²) in [6.45, 7) is 7.08. The summed E-state index contributed by atoms with van der Waals surface area (Å²) in [5.41, 5.74) is 1.31. The van der Waals surface area contributed by atoms with Gasteiger partial charge < -0.3 is 10.2 Å². The van der Waals surface area contributed by atoms with Crippen molar-refractivity contribution in [1.82, 2.24) is 5.32 Å². The fraction of sp³-hybridized carbons (Fsp3) is 0.667. The zero-order valence-corrected chi connectivity index (χ0v) is 13.3. The molecule has 0 heterocycles. The predicted octanol–water partition coefficient (Wildman–Crippen LogP) is 3.93. The van der Waals surface area contributed by atoms with Crippen molar-refractivity contribution in [2.45, 2.75) is 45.6 Å². The first-order valence-corrected chi connectivity index (χ1v) is 8.18. The second kappa shape index (κ2) is 7.68. The van der Waals surface area contributed by atoms with E-state index in [-0.39, 0.29) is 0 Å². The Balaban J connectivity index is 1.66. The van der Waals surface area contributed by atoms with Crippen molar-refractivity contribution in [2.75, 3.05) is 25.0 Å². The molecule has 1 aliphatic carbocycles. The minimum Gasteiger partial charge on any atom is -0.375 e. The van der Waals surface area contributed by atoms with Crippen LogP contribution >= 0.6 is 0 Å². The van der Waals surface area contributed by atoms with Gasteiger partial charge in [-0.1, -0.05) is 44.9 Å². The van der Waals surface area contributed by atoms with Gasteiger partial charge in [-0.2, -0.15) is 0 Å². The van der Waals surface area contributed by atoms with Crippen molar-refractivity contribution in [3.63, 3.8) is 0 Å². The lowest BCUT2D eigenvalue weighted by molar-refractivity contribution is 0.207. The van der Waals surface area contributed by atoms with Gasteiger partial charge in [-0.05, 0) is 43.4 Å². The number of para-hydroxylation sites is 1. The summed E-state index contributed by atoms with van der Waals surface area (Å²) in [7, 11) is 2.18. The van der Waals surface area contributed by atoms with Gasteiger partial charge in [-0.25, -0.2) is 0 Å². The summed E-state index contributed by atoms with van der Waals surface area (Å²) < 4.78 is 0. The fourth-order valence-electron chi connectivity index (χ4n) is 3.29. The van der Waals surface area contributed by atoms with E-state index in [2.05, 4.69) is 61.4 Å². The zero-order valence-electron chi connectivity index (χ0n) is 13.3. The van der Waals surface area contributed by atoms with E-state index in [1.54, 1.807) is 0 Å². The lowest BCUT2D eigenvalue weighted by Gasteiger charge is -2.35. The monoisotopic (exact) mass is 274 g/mol. The van der Waals surface area contributed by atoms with E-state index in [4.69, 9.17) is 0 Å². The first kappa shape index (κ1) is 15.4. The number of benzene rings is 1. The van der Waals surface area contributed by atoms with Gasteiger partial charge in [0.2, 0.25) is 0 Å². The summed E-state index contributed by atoms with van der Waals surface area (Å²) in [5.74, 6) is 1.71. The molecule has 0 amide bonds. The van der Waals surface area contributed by atoms with Crippen LogP contribution in [0.4, 0.5) is 5.69 Å². The van der Waals surface area contributed by atoms with Gasteiger partial charge in [0.25, 0.3) is 0 Å². The summed E-state index contributed by atoms with van der Waals surface area (Å²) in [4.78, 5) is 2.34. The highest BCUT2D eigenvalue weighted by atomic mass is 15.1. The van der Waals surface area contributed by atoms with Gasteiger partial charge in [0.1, 0.15) is 0 Å². The highest BCUT2D eigenvalue weighted by molar-refractivity contribution is 5.44. The van der Waals surface area contributed by atoms with Crippen molar-refractivity contribution in [3.05, 3.63) is 30.3 Å². The van der Waals surface area contributed by atoms with E-state index in [1.807, 2.05) is 0 Å². The third-order valence-corrected chi connectivity index (χ3v) is 4.98. The van der Waals surface area contributed by atoms with Crippen molar-refractivity contribution in [2.24, 2.45) is 11.8 Å². The lowest BCUT2D eigenvalue weighted by atomic mass is 9.78. The Morgan fingerprint density at radius 3 is 2.65 bits per heavy atom. The van der Waals surface area contributed by atoms with Crippen LogP contribution in [0, 0.1) is 11.8 Å². The highest BCUT2D eigenvalue weighted by Crippen LogP contribution is 2.29. The Morgan fingerprint density at radius 2 is 1.90 bits per heavy atom. The Labute approximate surface area is 124 Å². The van der Waals surface area contributed by atoms with Gasteiger partial charge in [-0.15, -0.1) is 0 Å². The van der Waals surface area contributed by atoms with Gasteiger partial charge in [-0.3, -0.25) is 0 Å². The van der Waals surface area contributed by atoms with E-state index in [0.29, 0.717) is 0 Å². The smallest absolute Gasteiger partial charge is 0.0363 e. The molecular formula is C18H30N2. The Kier molecular flexibility index (Phi) is 5.90. The first-order chi connectivity index (χ1) is 9.68. The van der Waals surface area contributed by atoms with Gasteiger partial charge in [0.15, 0.2) is 0 Å². The van der Waals surface area contributed by atoms with E-state index in [9.17, 15) is 0 Å². The molecule has 0 radical (unpaired) electrons. The SMILES string of the molecule is CC1CCCC(NCCCN(C)c2ccccc2)C1C. The Hall–Kier alpha value is -1.02. The molecule has 1 aromatic carbocycles. The molecule has 0 bridgehead atoms. The molecule has 0 aliphatic heterocycles. The molecule has 1 aliphatic rings. The van der Waals surface area contributed by atoms with E-state index in [1.165, 1.54) is 31.4 Å². The second-order valence-corrected chi connectivity index (χ2v) is 6.44. The molecule has 3 unspecified atom stereocenters. The van der Waals surface area contributed by atoms with Crippen LogP contribution in [-0.2, 0) is 0 Å². The van der Waals surface area contributed by atoms with Crippen LogP contribution in [0.25, 0.3) is 0 Å². The number of nitrogens with zero attached hydrogens (tertiary/aromatic N) is 1. The van der Waals surface area contributed by atoms with Crippen LogP contribution in [0.1, 0.15) is 39.5 Å². The van der Waals surface area contributed by atoms with Crippen LogP contribution in [-0.4, -0.2) is 26.2 Å². The summed E-state index contributed by atoms with van der Waals surface area (Å²) >= 11 is 0. The molecule has 1 saturated carbocycles.